The molecule has 0 amide bonds. The van der Waals surface area contributed by atoms with Crippen molar-refractivity contribution in [3.63, 3.8) is 0 Å². The Hall–Kier alpha value is -1.30. The molecule has 26 nitrogen and oxygen atoms in total. The Kier molecular flexibility index (Phi) is 22.3. The first kappa shape index (κ1) is 60.6. The zero-order valence-electron chi connectivity index (χ0n) is 40.6. The molecule has 27 atom stereocenters. The Morgan fingerprint density at radius 3 is 1.55 bits per heavy atom. The van der Waals surface area contributed by atoms with Crippen molar-refractivity contribution in [1.29, 1.82) is 0 Å². The van der Waals surface area contributed by atoms with E-state index in [9.17, 15) is 81.7 Å². The molecule has 0 aromatic rings. The van der Waals surface area contributed by atoms with Gasteiger partial charge in [-0.25, -0.2) is 0 Å². The van der Waals surface area contributed by atoms with Crippen LogP contribution in [0.4, 0.5) is 0 Å². The minimum absolute atomic E-state index is 0.220. The highest BCUT2D eigenvalue weighted by atomic mass is 16.8. The lowest BCUT2D eigenvalue weighted by atomic mass is 9.86. The second-order valence-electron chi connectivity index (χ2n) is 19.6. The average Bonchev–Trinajstić information content (AvgIpc) is 3.51. The van der Waals surface area contributed by atoms with Crippen LogP contribution < -0.4 is 0 Å². The number of ether oxygens (including phenoxy) is 10. The highest BCUT2D eigenvalue weighted by Gasteiger charge is 2.64. The third-order valence-corrected chi connectivity index (χ3v) is 14.4. The van der Waals surface area contributed by atoms with Gasteiger partial charge in [0.25, 0.3) is 0 Å². The maximum absolute atomic E-state index is 12.4. The molecule has 1 aliphatic carbocycles. The van der Waals surface area contributed by atoms with E-state index in [4.69, 9.17) is 47.4 Å². The third-order valence-electron chi connectivity index (χ3n) is 14.4. The standard InChI is InChI=1S/C45H80O26/c1-7-9-10-11-12-62-44(5,6)40-26(51)19(4)71-45(61,24(17-50)67-40)39(60)25-27(52)20(13-46)28(53)35(25)68-42-37(33(58)30(55)22(15-48)65-42)70-43-38(34(59)31(56)23(16-49)66-43)69-41-36(63-18(3)8-2)32(57)29(54)21(14-47)64-41/h7,18-43,46-61H,1,8-17H2,2-6H3/t18?,19-,20?,21?,22?,23?,24?,25?,26?,27-,28-,29-,30-,31-,32?,33?,34?,35?,36?,37?,38?,39+,40+,41-,42-,43-,45?/m1/s1. The van der Waals surface area contributed by atoms with Gasteiger partial charge in [0, 0.05) is 18.4 Å². The number of allylic oxidation sites excluding steroid dienone is 1. The monoisotopic (exact) mass is 1040 g/mol. The maximum Gasteiger partial charge on any atom is 0.222 e. The summed E-state index contributed by atoms with van der Waals surface area (Å²) in [5.41, 5.74) is -1.30. The molecule has 16 unspecified atom stereocenters. The molecule has 5 aliphatic rings. The summed E-state index contributed by atoms with van der Waals surface area (Å²) in [5, 5.41) is 178. The minimum atomic E-state index is -3.05. The molecule has 4 aliphatic heterocycles. The Morgan fingerprint density at radius 1 is 0.620 bits per heavy atom. The van der Waals surface area contributed by atoms with E-state index >= 15 is 0 Å². The molecule has 4 saturated heterocycles. The van der Waals surface area contributed by atoms with Crippen LogP contribution in [0.1, 0.15) is 60.3 Å². The quantitative estimate of drug-likeness (QED) is 0.0334. The Bertz CT molecular complexity index is 1600. The fraction of sp³-hybridized carbons (Fsp3) is 0.956. The van der Waals surface area contributed by atoms with E-state index < -0.39 is 203 Å². The van der Waals surface area contributed by atoms with E-state index in [-0.39, 0.29) is 6.61 Å². The van der Waals surface area contributed by atoms with Gasteiger partial charge < -0.3 is 129 Å². The Morgan fingerprint density at radius 2 is 1.10 bits per heavy atom. The second kappa shape index (κ2) is 26.2. The molecule has 26 heteroatoms. The predicted molar refractivity (Wildman–Crippen MR) is 236 cm³/mol. The molecule has 71 heavy (non-hydrogen) atoms. The van der Waals surface area contributed by atoms with E-state index in [0.717, 1.165) is 12.8 Å². The first-order valence-corrected chi connectivity index (χ1v) is 24.3. The Labute approximate surface area is 411 Å². The maximum atomic E-state index is 12.4. The molecule has 16 N–H and O–H groups in total. The molecule has 0 aromatic carbocycles. The highest BCUT2D eigenvalue weighted by Crippen LogP contribution is 2.45. The first-order valence-electron chi connectivity index (χ1n) is 24.3. The van der Waals surface area contributed by atoms with Gasteiger partial charge in [-0.15, -0.1) is 6.58 Å². The van der Waals surface area contributed by atoms with Crippen LogP contribution in [0.2, 0.25) is 0 Å². The van der Waals surface area contributed by atoms with Gasteiger partial charge in [-0.05, 0) is 53.4 Å². The van der Waals surface area contributed by atoms with Crippen LogP contribution >= 0.6 is 0 Å². The molecule has 1 saturated carbocycles. The summed E-state index contributed by atoms with van der Waals surface area (Å²) < 4.78 is 59.8. The highest BCUT2D eigenvalue weighted by molar-refractivity contribution is 5.08. The van der Waals surface area contributed by atoms with E-state index in [1.165, 1.54) is 6.92 Å². The predicted octanol–water partition coefficient (Wildman–Crippen LogP) is -6.67. The third kappa shape index (κ3) is 12.9. The number of hydrogen-bond donors (Lipinski definition) is 16. The molecule has 4 heterocycles. The van der Waals surface area contributed by atoms with Gasteiger partial charge in [-0.2, -0.15) is 0 Å². The number of aliphatic hydroxyl groups is 16. The van der Waals surface area contributed by atoms with E-state index in [1.54, 1.807) is 33.8 Å². The summed E-state index contributed by atoms with van der Waals surface area (Å²) in [5.74, 6) is -6.57. The van der Waals surface area contributed by atoms with Crippen molar-refractivity contribution in [2.45, 2.75) is 219 Å². The topological polar surface area (TPSA) is 416 Å². The van der Waals surface area contributed by atoms with Crippen LogP contribution in [-0.2, 0) is 47.4 Å². The lowest BCUT2D eigenvalue weighted by Gasteiger charge is -2.49. The average molecular weight is 1040 g/mol. The van der Waals surface area contributed by atoms with Crippen molar-refractivity contribution in [1.82, 2.24) is 0 Å². The summed E-state index contributed by atoms with van der Waals surface area (Å²) in [4.78, 5) is 0. The molecule has 416 valence electrons. The van der Waals surface area contributed by atoms with Crippen molar-refractivity contribution in [2.75, 3.05) is 39.6 Å². The van der Waals surface area contributed by atoms with E-state index in [0.29, 0.717) is 12.8 Å². The minimum Gasteiger partial charge on any atom is -0.396 e. The zero-order chi connectivity index (χ0) is 52.9. The fourth-order valence-corrected chi connectivity index (χ4v) is 9.81. The molecular formula is C45H80O26. The van der Waals surface area contributed by atoms with Gasteiger partial charge in [0.1, 0.15) is 97.7 Å². The van der Waals surface area contributed by atoms with Crippen molar-refractivity contribution < 1.29 is 129 Å². The van der Waals surface area contributed by atoms with Crippen LogP contribution in [0.25, 0.3) is 0 Å². The largest absolute Gasteiger partial charge is 0.396 e. The first-order chi connectivity index (χ1) is 33.5. The zero-order valence-corrected chi connectivity index (χ0v) is 40.6. The Balaban J connectivity index is 1.49. The summed E-state index contributed by atoms with van der Waals surface area (Å²) in [6.07, 6.45) is -38.9. The second-order valence-corrected chi connectivity index (χ2v) is 19.6. The summed E-state index contributed by atoms with van der Waals surface area (Å²) in [6.45, 7) is 7.04. The van der Waals surface area contributed by atoms with Crippen molar-refractivity contribution in [3.05, 3.63) is 12.7 Å². The summed E-state index contributed by atoms with van der Waals surface area (Å²) >= 11 is 0. The van der Waals surface area contributed by atoms with Crippen LogP contribution in [0.3, 0.4) is 0 Å². The van der Waals surface area contributed by atoms with Gasteiger partial charge in [0.2, 0.25) is 5.79 Å². The van der Waals surface area contributed by atoms with Crippen molar-refractivity contribution >= 4 is 0 Å². The molecular weight excluding hydrogens is 956 g/mol. The number of unbranched alkanes of at least 4 members (excludes halogenated alkanes) is 2. The number of hydrogen-bond acceptors (Lipinski definition) is 26. The molecule has 0 spiro atoms. The van der Waals surface area contributed by atoms with Gasteiger partial charge in [0.05, 0.1) is 69.2 Å². The summed E-state index contributed by atoms with van der Waals surface area (Å²) in [6, 6.07) is 0. The lowest BCUT2D eigenvalue weighted by Crippen LogP contribution is -2.67. The molecule has 0 aromatic heterocycles. The number of rotatable bonds is 23. The van der Waals surface area contributed by atoms with Gasteiger partial charge >= 0.3 is 0 Å². The van der Waals surface area contributed by atoms with E-state index in [2.05, 4.69) is 6.58 Å². The molecule has 0 bridgehead atoms. The fourth-order valence-electron chi connectivity index (χ4n) is 9.81. The lowest BCUT2D eigenvalue weighted by molar-refractivity contribution is -0.400. The molecule has 5 rings (SSSR count). The van der Waals surface area contributed by atoms with Gasteiger partial charge in [-0.1, -0.05) is 13.0 Å². The van der Waals surface area contributed by atoms with Crippen LogP contribution in [0, 0.1) is 11.8 Å². The summed E-state index contributed by atoms with van der Waals surface area (Å²) in [7, 11) is 0. The smallest absolute Gasteiger partial charge is 0.222 e. The van der Waals surface area contributed by atoms with Crippen LogP contribution in [0.5, 0.6) is 0 Å². The van der Waals surface area contributed by atoms with Crippen LogP contribution in [0.15, 0.2) is 12.7 Å². The molecule has 0 radical (unpaired) electrons. The van der Waals surface area contributed by atoms with Gasteiger partial charge in [-0.3, -0.25) is 0 Å². The van der Waals surface area contributed by atoms with Gasteiger partial charge in [0.15, 0.2) is 18.9 Å². The van der Waals surface area contributed by atoms with Crippen molar-refractivity contribution in [2.24, 2.45) is 11.8 Å². The SMILES string of the molecule is C=CCCCCOC(C)(C)[C@H]1OC(CO)C(O)([C@@H](O)C2C(O[C@H]3OC(CO)[C@@H](O)C(O)C3O[C@H]3OC(CO)[C@@H](O)C(O)C3O[C@H]3OC(CO)[C@@H](O)C(O)C3OC(C)CC)[C@H](O)C(CO)[C@H]2O)O[C@H](C)C1O. The van der Waals surface area contributed by atoms with E-state index in [1.807, 2.05) is 0 Å². The number of aliphatic hydroxyl groups excluding tert-OH is 15. The molecule has 5 fully saturated rings. The van der Waals surface area contributed by atoms with Crippen molar-refractivity contribution in [3.8, 4) is 0 Å². The van der Waals surface area contributed by atoms with Crippen LogP contribution in [-0.4, -0.2) is 280 Å². The normalized spacial score (nSPS) is 46.7.